The topological polar surface area (TPSA) is 61.9 Å². The lowest BCUT2D eigenvalue weighted by Crippen LogP contribution is -2.51. The second-order valence-corrected chi connectivity index (χ2v) is 6.57. The number of ether oxygens (including phenoxy) is 1. The van der Waals surface area contributed by atoms with Gasteiger partial charge in [-0.15, -0.1) is 0 Å². The summed E-state index contributed by atoms with van der Waals surface area (Å²) in [5.41, 5.74) is -0.0804. The fraction of sp³-hybridized carbons (Fsp3) is 0.300. The summed E-state index contributed by atoms with van der Waals surface area (Å²) < 4.78 is 44.7. The zero-order valence-corrected chi connectivity index (χ0v) is 15.5. The number of nitrogens with one attached hydrogen (secondary N) is 1. The predicted octanol–water partition coefficient (Wildman–Crippen LogP) is 2.27. The molecule has 1 saturated heterocycles. The van der Waals surface area contributed by atoms with Gasteiger partial charge in [0.15, 0.2) is 6.61 Å². The quantitative estimate of drug-likeness (QED) is 0.798. The van der Waals surface area contributed by atoms with Crippen LogP contribution in [0.15, 0.2) is 42.5 Å². The molecule has 9 heteroatoms. The highest BCUT2D eigenvalue weighted by molar-refractivity contribution is 5.92. The van der Waals surface area contributed by atoms with Gasteiger partial charge < -0.3 is 15.0 Å². The largest absolute Gasteiger partial charge is 0.484 e. The molecule has 0 saturated carbocycles. The molecule has 1 heterocycles. The fourth-order valence-electron chi connectivity index (χ4n) is 2.91. The van der Waals surface area contributed by atoms with E-state index < -0.39 is 17.5 Å². The zero-order chi connectivity index (χ0) is 20.8. The smallest absolute Gasteiger partial charge is 0.260 e. The van der Waals surface area contributed by atoms with Crippen molar-refractivity contribution < 1.29 is 27.5 Å². The van der Waals surface area contributed by atoms with Crippen molar-refractivity contribution in [2.75, 3.05) is 44.6 Å². The van der Waals surface area contributed by atoms with Crippen LogP contribution in [0.5, 0.6) is 5.75 Å². The molecule has 0 aliphatic carbocycles. The summed E-state index contributed by atoms with van der Waals surface area (Å²) >= 11 is 0. The number of carbonyl (C=O) groups is 2. The molecule has 2 aromatic carbocycles. The number of nitrogens with zero attached hydrogens (tertiary/aromatic N) is 2. The fourth-order valence-corrected chi connectivity index (χ4v) is 2.91. The molecule has 2 amide bonds. The van der Waals surface area contributed by atoms with Crippen LogP contribution < -0.4 is 10.1 Å². The van der Waals surface area contributed by atoms with Crippen molar-refractivity contribution in [3.8, 4) is 5.75 Å². The summed E-state index contributed by atoms with van der Waals surface area (Å²) in [4.78, 5) is 27.8. The summed E-state index contributed by atoms with van der Waals surface area (Å²) in [5, 5.41) is 2.41. The Morgan fingerprint density at radius 1 is 0.931 bits per heavy atom. The lowest BCUT2D eigenvalue weighted by Gasteiger charge is -2.34. The maximum atomic E-state index is 13.6. The molecule has 1 aliphatic rings. The van der Waals surface area contributed by atoms with Crippen LogP contribution in [-0.2, 0) is 9.59 Å². The number of carbonyl (C=O) groups excluding carboxylic acids is 2. The molecule has 0 aromatic heterocycles. The van der Waals surface area contributed by atoms with E-state index in [1.165, 1.54) is 30.3 Å². The van der Waals surface area contributed by atoms with Crippen molar-refractivity contribution in [1.29, 1.82) is 0 Å². The predicted molar refractivity (Wildman–Crippen MR) is 99.9 cm³/mol. The van der Waals surface area contributed by atoms with Gasteiger partial charge in [0.1, 0.15) is 23.2 Å². The summed E-state index contributed by atoms with van der Waals surface area (Å²) in [6.45, 7) is 1.66. The van der Waals surface area contributed by atoms with Gasteiger partial charge in [0.05, 0.1) is 12.2 Å². The van der Waals surface area contributed by atoms with E-state index in [4.69, 9.17) is 4.74 Å². The van der Waals surface area contributed by atoms with Crippen LogP contribution in [0.4, 0.5) is 18.9 Å². The molecule has 0 unspecified atom stereocenters. The van der Waals surface area contributed by atoms with Gasteiger partial charge in [0.25, 0.3) is 5.91 Å². The van der Waals surface area contributed by atoms with E-state index in [0.717, 1.165) is 6.07 Å². The lowest BCUT2D eigenvalue weighted by atomic mass is 10.2. The lowest BCUT2D eigenvalue weighted by molar-refractivity contribution is -0.135. The molecule has 0 radical (unpaired) electrons. The highest BCUT2D eigenvalue weighted by atomic mass is 19.1. The first kappa shape index (κ1) is 20.7. The van der Waals surface area contributed by atoms with Crippen molar-refractivity contribution in [3.05, 3.63) is 59.9 Å². The van der Waals surface area contributed by atoms with Crippen molar-refractivity contribution in [2.24, 2.45) is 0 Å². The van der Waals surface area contributed by atoms with Crippen LogP contribution in [0.3, 0.4) is 0 Å². The van der Waals surface area contributed by atoms with Gasteiger partial charge >= 0.3 is 0 Å². The third kappa shape index (κ3) is 5.95. The number of anilines is 1. The number of benzene rings is 2. The van der Waals surface area contributed by atoms with Gasteiger partial charge in [-0.3, -0.25) is 14.5 Å². The zero-order valence-electron chi connectivity index (χ0n) is 15.5. The monoisotopic (exact) mass is 407 g/mol. The molecule has 6 nitrogen and oxygen atoms in total. The van der Waals surface area contributed by atoms with Crippen molar-refractivity contribution >= 4 is 17.5 Å². The van der Waals surface area contributed by atoms with Crippen LogP contribution in [0, 0.1) is 17.5 Å². The summed E-state index contributed by atoms with van der Waals surface area (Å²) in [6.07, 6.45) is 0. The van der Waals surface area contributed by atoms with E-state index in [0.29, 0.717) is 38.0 Å². The first-order chi connectivity index (χ1) is 13.9. The average molecular weight is 407 g/mol. The minimum atomic E-state index is -0.838. The number of piperazine rings is 1. The van der Waals surface area contributed by atoms with Crippen LogP contribution in [0.1, 0.15) is 0 Å². The van der Waals surface area contributed by atoms with Crippen LogP contribution >= 0.6 is 0 Å². The van der Waals surface area contributed by atoms with Crippen molar-refractivity contribution in [1.82, 2.24) is 9.80 Å². The second-order valence-electron chi connectivity index (χ2n) is 6.57. The first-order valence-electron chi connectivity index (χ1n) is 9.04. The Morgan fingerprint density at radius 2 is 1.59 bits per heavy atom. The highest BCUT2D eigenvalue weighted by Gasteiger charge is 2.23. The third-order valence-corrected chi connectivity index (χ3v) is 4.47. The Bertz CT molecular complexity index is 869. The Kier molecular flexibility index (Phi) is 6.71. The minimum Gasteiger partial charge on any atom is -0.484 e. The molecule has 1 aliphatic heterocycles. The summed E-state index contributed by atoms with van der Waals surface area (Å²) in [7, 11) is 0. The Balaban J connectivity index is 1.40. The SMILES string of the molecule is O=C(CN1CCN(C(=O)COc2ccc(F)cc2)CC1)Nc1ccc(F)cc1F. The summed E-state index contributed by atoms with van der Waals surface area (Å²) in [5.74, 6) is -2.16. The first-order valence-corrected chi connectivity index (χ1v) is 9.04. The number of rotatable bonds is 6. The molecule has 154 valence electrons. The Hall–Kier alpha value is -3.07. The standard InChI is InChI=1S/C20H20F3N3O3/c21-14-1-4-16(5-2-14)29-13-20(28)26-9-7-25(8-10-26)12-19(27)24-18-6-3-15(22)11-17(18)23/h1-6,11H,7-10,12-13H2,(H,24,27). The molecule has 1 N–H and O–H groups in total. The molecular weight excluding hydrogens is 387 g/mol. The normalized spacial score (nSPS) is 14.5. The minimum absolute atomic E-state index is 0.0327. The van der Waals surface area contributed by atoms with Gasteiger partial charge in [0.2, 0.25) is 5.91 Å². The molecule has 0 spiro atoms. The third-order valence-electron chi connectivity index (χ3n) is 4.47. The molecule has 29 heavy (non-hydrogen) atoms. The van der Waals surface area contributed by atoms with E-state index >= 15 is 0 Å². The van der Waals surface area contributed by atoms with Gasteiger partial charge in [-0.1, -0.05) is 0 Å². The number of hydrogen-bond acceptors (Lipinski definition) is 4. The average Bonchev–Trinajstić information content (AvgIpc) is 2.70. The van der Waals surface area contributed by atoms with Crippen LogP contribution in [0.25, 0.3) is 0 Å². The molecule has 3 rings (SSSR count). The van der Waals surface area contributed by atoms with E-state index in [2.05, 4.69) is 5.32 Å². The van der Waals surface area contributed by atoms with E-state index in [1.54, 1.807) is 4.90 Å². The van der Waals surface area contributed by atoms with Gasteiger partial charge in [0, 0.05) is 32.2 Å². The molecule has 0 atom stereocenters. The van der Waals surface area contributed by atoms with Gasteiger partial charge in [-0.25, -0.2) is 13.2 Å². The van der Waals surface area contributed by atoms with E-state index in [1.807, 2.05) is 4.90 Å². The number of amides is 2. The van der Waals surface area contributed by atoms with Crippen LogP contribution in [0.2, 0.25) is 0 Å². The second kappa shape index (κ2) is 9.42. The van der Waals surface area contributed by atoms with E-state index in [9.17, 15) is 22.8 Å². The van der Waals surface area contributed by atoms with Crippen molar-refractivity contribution in [3.63, 3.8) is 0 Å². The van der Waals surface area contributed by atoms with Gasteiger partial charge in [-0.2, -0.15) is 0 Å². The molecular formula is C20H20F3N3O3. The highest BCUT2D eigenvalue weighted by Crippen LogP contribution is 2.15. The number of hydrogen-bond donors (Lipinski definition) is 1. The van der Waals surface area contributed by atoms with Crippen molar-refractivity contribution in [2.45, 2.75) is 0 Å². The molecule has 2 aromatic rings. The Morgan fingerprint density at radius 3 is 2.24 bits per heavy atom. The maximum absolute atomic E-state index is 13.6. The number of halogens is 3. The van der Waals surface area contributed by atoms with Gasteiger partial charge in [-0.05, 0) is 36.4 Å². The Labute approximate surface area is 165 Å². The maximum Gasteiger partial charge on any atom is 0.260 e. The molecule has 0 bridgehead atoms. The van der Waals surface area contributed by atoms with E-state index in [-0.39, 0.29) is 30.6 Å². The van der Waals surface area contributed by atoms with Crippen LogP contribution in [-0.4, -0.2) is 60.9 Å². The molecule has 1 fully saturated rings. The summed E-state index contributed by atoms with van der Waals surface area (Å²) in [6, 6.07) is 8.33.